The first-order chi connectivity index (χ1) is 12.6. The highest BCUT2D eigenvalue weighted by Crippen LogP contribution is 2.18. The first kappa shape index (κ1) is 18.4. The third-order valence-electron chi connectivity index (χ3n) is 4.29. The van der Waals surface area contributed by atoms with E-state index in [1.807, 2.05) is 41.0 Å². The van der Waals surface area contributed by atoms with Crippen molar-refractivity contribution < 1.29 is 14.6 Å². The summed E-state index contributed by atoms with van der Waals surface area (Å²) >= 11 is 0. The Balaban J connectivity index is 1.37. The van der Waals surface area contributed by atoms with E-state index < -0.39 is 6.10 Å². The van der Waals surface area contributed by atoms with Gasteiger partial charge in [0, 0.05) is 0 Å². The van der Waals surface area contributed by atoms with Crippen molar-refractivity contribution in [2.75, 3.05) is 19.8 Å². The van der Waals surface area contributed by atoms with E-state index in [1.54, 1.807) is 6.33 Å². The van der Waals surface area contributed by atoms with Gasteiger partial charge in [-0.15, -0.1) is 0 Å². The van der Waals surface area contributed by atoms with Crippen molar-refractivity contribution >= 4 is 11.0 Å². The number of benzene rings is 2. The summed E-state index contributed by atoms with van der Waals surface area (Å²) in [5.74, 6) is 1.35. The fraction of sp³-hybridized carbons (Fsp3) is 0.381. The smallest absolute Gasteiger partial charge is 0.119 e. The lowest BCUT2D eigenvalue weighted by Gasteiger charge is -2.13. The van der Waals surface area contributed by atoms with Crippen molar-refractivity contribution in [3.63, 3.8) is 0 Å². The molecule has 2 aromatic carbocycles. The quantitative estimate of drug-likeness (QED) is 0.596. The van der Waals surface area contributed by atoms with Crippen LogP contribution in [0, 0.1) is 0 Å². The van der Waals surface area contributed by atoms with Crippen molar-refractivity contribution in [3.05, 3.63) is 60.4 Å². The second kappa shape index (κ2) is 8.83. The molecule has 0 spiro atoms. The van der Waals surface area contributed by atoms with Crippen LogP contribution in [0.2, 0.25) is 0 Å². The molecule has 0 aliphatic heterocycles. The van der Waals surface area contributed by atoms with Crippen molar-refractivity contribution in [1.82, 2.24) is 9.55 Å². The largest absolute Gasteiger partial charge is 0.491 e. The molecule has 5 nitrogen and oxygen atoms in total. The number of nitrogens with zero attached hydrogens (tertiary/aromatic N) is 2. The Kier molecular flexibility index (Phi) is 6.26. The highest BCUT2D eigenvalue weighted by Gasteiger charge is 2.08. The average Bonchev–Trinajstić information content (AvgIpc) is 3.05. The van der Waals surface area contributed by atoms with Gasteiger partial charge in [0.25, 0.3) is 0 Å². The van der Waals surface area contributed by atoms with Crippen LogP contribution in [0.15, 0.2) is 54.9 Å². The fourth-order valence-electron chi connectivity index (χ4n) is 2.82. The molecule has 26 heavy (non-hydrogen) atoms. The minimum Gasteiger partial charge on any atom is -0.491 e. The summed E-state index contributed by atoms with van der Waals surface area (Å²) in [6.45, 7) is 5.96. The molecule has 0 radical (unpaired) electrons. The summed E-state index contributed by atoms with van der Waals surface area (Å²) in [6.07, 6.45) is 1.16. The number of hydrogen-bond donors (Lipinski definition) is 1. The molecule has 0 saturated heterocycles. The minimum atomic E-state index is -0.585. The van der Waals surface area contributed by atoms with Gasteiger partial charge in [0.15, 0.2) is 0 Å². The van der Waals surface area contributed by atoms with E-state index in [-0.39, 0.29) is 6.61 Å². The molecule has 138 valence electrons. The van der Waals surface area contributed by atoms with E-state index in [1.165, 1.54) is 5.56 Å². The summed E-state index contributed by atoms with van der Waals surface area (Å²) in [4.78, 5) is 4.32. The number of para-hydroxylation sites is 2. The van der Waals surface area contributed by atoms with E-state index in [2.05, 4.69) is 31.0 Å². The Hall–Kier alpha value is -2.37. The van der Waals surface area contributed by atoms with Crippen molar-refractivity contribution in [1.29, 1.82) is 0 Å². The number of imidazole rings is 1. The maximum atomic E-state index is 10.2. The molecule has 5 heteroatoms. The van der Waals surface area contributed by atoms with E-state index >= 15 is 0 Å². The molecule has 1 heterocycles. The van der Waals surface area contributed by atoms with Gasteiger partial charge in [-0.1, -0.05) is 38.1 Å². The number of rotatable bonds is 9. The monoisotopic (exact) mass is 354 g/mol. The van der Waals surface area contributed by atoms with Crippen LogP contribution < -0.4 is 4.74 Å². The van der Waals surface area contributed by atoms with Crippen LogP contribution in [0.1, 0.15) is 25.3 Å². The van der Waals surface area contributed by atoms with Crippen LogP contribution in [0.4, 0.5) is 0 Å². The molecule has 1 N–H and O–H groups in total. The van der Waals surface area contributed by atoms with Gasteiger partial charge < -0.3 is 19.1 Å². The number of aromatic nitrogens is 2. The van der Waals surface area contributed by atoms with Crippen molar-refractivity contribution in [2.24, 2.45) is 0 Å². The van der Waals surface area contributed by atoms with Crippen LogP contribution in [0.3, 0.4) is 0 Å². The Bertz CT molecular complexity index is 811. The molecular weight excluding hydrogens is 328 g/mol. The molecule has 3 aromatic rings. The van der Waals surface area contributed by atoms with Crippen LogP contribution in [0.5, 0.6) is 5.75 Å². The van der Waals surface area contributed by atoms with Crippen LogP contribution in [-0.4, -0.2) is 40.6 Å². The number of fused-ring (bicyclic) bond motifs is 1. The SMILES string of the molecule is CC(C)c1ccc(OCCOC[C@H](O)Cn2cnc3ccccc32)cc1. The summed E-state index contributed by atoms with van der Waals surface area (Å²) in [6, 6.07) is 16.0. The molecule has 0 fully saturated rings. The topological polar surface area (TPSA) is 56.5 Å². The van der Waals surface area contributed by atoms with Gasteiger partial charge in [0.2, 0.25) is 0 Å². The van der Waals surface area contributed by atoms with Crippen molar-refractivity contribution in [3.8, 4) is 5.75 Å². The van der Waals surface area contributed by atoms with E-state index in [0.29, 0.717) is 25.7 Å². The first-order valence-corrected chi connectivity index (χ1v) is 9.02. The van der Waals surface area contributed by atoms with Crippen LogP contribution >= 0.6 is 0 Å². The molecule has 3 rings (SSSR count). The van der Waals surface area contributed by atoms with Crippen molar-refractivity contribution in [2.45, 2.75) is 32.4 Å². The summed E-state index contributed by atoms with van der Waals surface area (Å²) in [5.41, 5.74) is 3.24. The van der Waals surface area contributed by atoms with Crippen LogP contribution in [-0.2, 0) is 11.3 Å². The predicted octanol–water partition coefficient (Wildman–Crippen LogP) is 3.62. The third kappa shape index (κ3) is 4.84. The van der Waals surface area contributed by atoms with Gasteiger partial charge in [0.1, 0.15) is 12.4 Å². The lowest BCUT2D eigenvalue weighted by Crippen LogP contribution is -2.23. The zero-order valence-electron chi connectivity index (χ0n) is 15.3. The Labute approximate surface area is 154 Å². The molecule has 0 saturated carbocycles. The molecule has 0 amide bonds. The average molecular weight is 354 g/mol. The molecular formula is C21H26N2O3. The van der Waals surface area contributed by atoms with E-state index in [4.69, 9.17) is 9.47 Å². The summed E-state index contributed by atoms with van der Waals surface area (Å²) in [7, 11) is 0. The van der Waals surface area contributed by atoms with Gasteiger partial charge in [-0.05, 0) is 35.7 Å². The molecule has 1 atom stereocenters. The highest BCUT2D eigenvalue weighted by atomic mass is 16.5. The summed E-state index contributed by atoms with van der Waals surface area (Å²) in [5, 5.41) is 10.2. The van der Waals surface area contributed by atoms with Gasteiger partial charge in [-0.3, -0.25) is 0 Å². The maximum Gasteiger partial charge on any atom is 0.119 e. The molecule has 0 aliphatic rings. The molecule has 0 bridgehead atoms. The number of aliphatic hydroxyl groups is 1. The van der Waals surface area contributed by atoms with Gasteiger partial charge in [0.05, 0.1) is 43.2 Å². The van der Waals surface area contributed by atoms with Gasteiger partial charge in [-0.25, -0.2) is 4.98 Å². The third-order valence-corrected chi connectivity index (χ3v) is 4.29. The first-order valence-electron chi connectivity index (χ1n) is 9.02. The van der Waals surface area contributed by atoms with Gasteiger partial charge >= 0.3 is 0 Å². The second-order valence-corrected chi connectivity index (χ2v) is 6.69. The molecule has 0 aliphatic carbocycles. The Morgan fingerprint density at radius 3 is 2.58 bits per heavy atom. The maximum absolute atomic E-state index is 10.2. The Morgan fingerprint density at radius 2 is 1.81 bits per heavy atom. The summed E-state index contributed by atoms with van der Waals surface area (Å²) < 4.78 is 13.1. The van der Waals surface area contributed by atoms with E-state index in [0.717, 1.165) is 16.8 Å². The highest BCUT2D eigenvalue weighted by molar-refractivity contribution is 5.74. The standard InChI is InChI=1S/C21H26N2O3/c1-16(2)17-7-9-19(10-8-17)26-12-11-25-14-18(24)13-23-15-22-20-5-3-4-6-21(20)23/h3-10,15-16,18,24H,11-14H2,1-2H3/t18-/m1/s1. The molecule has 1 aromatic heterocycles. The van der Waals surface area contributed by atoms with Gasteiger partial charge in [-0.2, -0.15) is 0 Å². The fourth-order valence-corrected chi connectivity index (χ4v) is 2.82. The number of hydrogen-bond acceptors (Lipinski definition) is 4. The lowest BCUT2D eigenvalue weighted by atomic mass is 10.0. The predicted molar refractivity (Wildman–Crippen MR) is 103 cm³/mol. The second-order valence-electron chi connectivity index (χ2n) is 6.69. The van der Waals surface area contributed by atoms with Crippen LogP contribution in [0.25, 0.3) is 11.0 Å². The number of ether oxygens (including phenoxy) is 2. The lowest BCUT2D eigenvalue weighted by molar-refractivity contribution is 0.0178. The number of aliphatic hydroxyl groups excluding tert-OH is 1. The zero-order chi connectivity index (χ0) is 18.4. The Morgan fingerprint density at radius 1 is 1.04 bits per heavy atom. The normalized spacial score (nSPS) is 12.6. The molecule has 0 unspecified atom stereocenters. The van der Waals surface area contributed by atoms with E-state index in [9.17, 15) is 5.11 Å². The minimum absolute atomic E-state index is 0.266. The zero-order valence-corrected chi connectivity index (χ0v) is 15.3.